The molecule has 4 rings (SSSR count). The van der Waals surface area contributed by atoms with Crippen molar-refractivity contribution < 1.29 is 22.3 Å². The lowest BCUT2D eigenvalue weighted by Gasteiger charge is -2.28. The van der Waals surface area contributed by atoms with Gasteiger partial charge in [0.05, 0.1) is 5.56 Å². The summed E-state index contributed by atoms with van der Waals surface area (Å²) in [6, 6.07) is 15.5. The van der Waals surface area contributed by atoms with Gasteiger partial charge in [-0.05, 0) is 66.0 Å². The minimum absolute atomic E-state index is 0.107. The number of aryl methyl sites for hydroxylation is 1. The van der Waals surface area contributed by atoms with E-state index in [-0.39, 0.29) is 11.6 Å². The molecule has 39 heavy (non-hydrogen) atoms. The highest BCUT2D eigenvalue weighted by Gasteiger charge is 2.28. The molecule has 0 amide bonds. The normalized spacial score (nSPS) is 17.6. The lowest BCUT2D eigenvalue weighted by Crippen LogP contribution is -2.19. The van der Waals surface area contributed by atoms with Crippen molar-refractivity contribution in [3.63, 3.8) is 0 Å². The summed E-state index contributed by atoms with van der Waals surface area (Å²) >= 11 is 0. The van der Waals surface area contributed by atoms with E-state index in [1.807, 2.05) is 18.2 Å². The third-order valence-corrected chi connectivity index (χ3v) is 7.89. The van der Waals surface area contributed by atoms with Gasteiger partial charge in [-0.15, -0.1) is 0 Å². The van der Waals surface area contributed by atoms with Crippen molar-refractivity contribution in [1.82, 2.24) is 0 Å². The van der Waals surface area contributed by atoms with Crippen LogP contribution < -0.4 is 4.74 Å². The number of fused-ring (bicyclic) bond motifs is 1. The molecule has 0 saturated heterocycles. The second-order valence-electron chi connectivity index (χ2n) is 10.9. The molecule has 0 bridgehead atoms. The van der Waals surface area contributed by atoms with Gasteiger partial charge in [-0.3, -0.25) is 0 Å². The van der Waals surface area contributed by atoms with E-state index >= 15 is 4.39 Å². The van der Waals surface area contributed by atoms with E-state index in [1.54, 1.807) is 18.2 Å². The average Bonchev–Trinajstić information content (AvgIpc) is 2.93. The smallest absolute Gasteiger partial charge is 0.422 e. The highest BCUT2D eigenvalue weighted by molar-refractivity contribution is 5.85. The maximum absolute atomic E-state index is 15.2. The first kappa shape index (κ1) is 29.0. The van der Waals surface area contributed by atoms with Gasteiger partial charge in [-0.2, -0.15) is 13.2 Å². The summed E-state index contributed by atoms with van der Waals surface area (Å²) in [5.74, 6) is 7.22. The standard InChI is InChI=1S/C34H38F4O/c1-2-3-4-5-6-25-7-9-26(10-8-25)11-12-28-16-22-32-30(23-28)19-18-29(33(32)35)17-13-27-14-20-31(21-15-27)39-24-34(36,37)38/h14-16,18-23,25-26H,2-12,24H2,1H3. The van der Waals surface area contributed by atoms with Crippen LogP contribution in [0.2, 0.25) is 0 Å². The molecule has 0 aromatic heterocycles. The van der Waals surface area contributed by atoms with E-state index in [0.717, 1.165) is 23.6 Å². The molecule has 0 aliphatic heterocycles. The fourth-order valence-corrected chi connectivity index (χ4v) is 5.57. The number of rotatable bonds is 10. The summed E-state index contributed by atoms with van der Waals surface area (Å²) in [6.45, 7) is 0.920. The van der Waals surface area contributed by atoms with Gasteiger partial charge in [0.1, 0.15) is 11.6 Å². The van der Waals surface area contributed by atoms with Crippen LogP contribution in [0.3, 0.4) is 0 Å². The Hall–Kier alpha value is -3.00. The van der Waals surface area contributed by atoms with Gasteiger partial charge < -0.3 is 4.74 Å². The summed E-state index contributed by atoms with van der Waals surface area (Å²) in [6.07, 6.45) is 10.1. The second kappa shape index (κ2) is 13.9. The molecule has 3 aromatic carbocycles. The van der Waals surface area contributed by atoms with Crippen LogP contribution in [-0.4, -0.2) is 12.8 Å². The van der Waals surface area contributed by atoms with Crippen molar-refractivity contribution in [2.45, 2.75) is 83.7 Å². The van der Waals surface area contributed by atoms with Crippen molar-refractivity contribution in [3.8, 4) is 17.6 Å². The van der Waals surface area contributed by atoms with Crippen molar-refractivity contribution in [1.29, 1.82) is 0 Å². The molecule has 0 unspecified atom stereocenters. The quantitative estimate of drug-likeness (QED) is 0.142. The van der Waals surface area contributed by atoms with Gasteiger partial charge >= 0.3 is 6.18 Å². The Morgan fingerprint density at radius 1 is 0.821 bits per heavy atom. The van der Waals surface area contributed by atoms with Crippen LogP contribution in [0.25, 0.3) is 10.8 Å². The summed E-state index contributed by atoms with van der Waals surface area (Å²) in [7, 11) is 0. The lowest BCUT2D eigenvalue weighted by atomic mass is 9.77. The van der Waals surface area contributed by atoms with Crippen LogP contribution in [0.15, 0.2) is 54.6 Å². The number of hydrogen-bond donors (Lipinski definition) is 0. The molecular weight excluding hydrogens is 500 g/mol. The van der Waals surface area contributed by atoms with Crippen LogP contribution >= 0.6 is 0 Å². The zero-order chi connectivity index (χ0) is 27.7. The van der Waals surface area contributed by atoms with E-state index in [1.165, 1.54) is 81.9 Å². The molecule has 0 N–H and O–H groups in total. The molecule has 1 saturated carbocycles. The third kappa shape index (κ3) is 9.02. The van der Waals surface area contributed by atoms with E-state index in [4.69, 9.17) is 4.74 Å². The Labute approximate surface area is 230 Å². The first-order valence-corrected chi connectivity index (χ1v) is 14.3. The topological polar surface area (TPSA) is 9.23 Å². The van der Waals surface area contributed by atoms with Gasteiger partial charge in [0.25, 0.3) is 0 Å². The van der Waals surface area contributed by atoms with Gasteiger partial charge in [-0.1, -0.05) is 101 Å². The summed E-state index contributed by atoms with van der Waals surface area (Å²) < 4.78 is 56.8. The molecular formula is C34H38F4O. The van der Waals surface area contributed by atoms with E-state index in [9.17, 15) is 13.2 Å². The van der Waals surface area contributed by atoms with Crippen LogP contribution in [0, 0.1) is 29.5 Å². The molecule has 208 valence electrons. The van der Waals surface area contributed by atoms with Crippen LogP contribution in [0.5, 0.6) is 5.75 Å². The number of ether oxygens (including phenoxy) is 1. The van der Waals surface area contributed by atoms with E-state index in [2.05, 4.69) is 24.8 Å². The summed E-state index contributed by atoms with van der Waals surface area (Å²) in [5, 5.41) is 1.42. The van der Waals surface area contributed by atoms with E-state index in [0.29, 0.717) is 16.5 Å². The number of halogens is 4. The Kier molecular flexibility index (Phi) is 10.3. The summed E-state index contributed by atoms with van der Waals surface area (Å²) in [4.78, 5) is 0. The fraction of sp³-hybridized carbons (Fsp3) is 0.471. The van der Waals surface area contributed by atoms with Gasteiger partial charge in [0.15, 0.2) is 6.61 Å². The molecule has 1 fully saturated rings. The molecule has 5 heteroatoms. The maximum atomic E-state index is 15.2. The fourth-order valence-electron chi connectivity index (χ4n) is 5.57. The summed E-state index contributed by atoms with van der Waals surface area (Å²) in [5.41, 5.74) is 2.10. The Morgan fingerprint density at radius 2 is 1.54 bits per heavy atom. The molecule has 0 radical (unpaired) electrons. The van der Waals surface area contributed by atoms with Gasteiger partial charge in [0, 0.05) is 10.9 Å². The first-order valence-electron chi connectivity index (χ1n) is 14.3. The van der Waals surface area contributed by atoms with Crippen molar-refractivity contribution in [2.24, 2.45) is 11.8 Å². The Morgan fingerprint density at radius 3 is 2.23 bits per heavy atom. The zero-order valence-electron chi connectivity index (χ0n) is 22.8. The van der Waals surface area contributed by atoms with Crippen molar-refractivity contribution in [3.05, 3.63) is 77.1 Å². The number of unbranched alkanes of at least 4 members (excludes halogenated alkanes) is 3. The van der Waals surface area contributed by atoms with Crippen molar-refractivity contribution in [2.75, 3.05) is 6.61 Å². The SMILES string of the molecule is CCCCCCC1CCC(CCc2ccc3c(F)c(C#Cc4ccc(OCC(F)(F)F)cc4)ccc3c2)CC1. The highest BCUT2D eigenvalue weighted by atomic mass is 19.4. The predicted molar refractivity (Wildman–Crippen MR) is 150 cm³/mol. The number of benzene rings is 3. The largest absolute Gasteiger partial charge is 0.484 e. The monoisotopic (exact) mass is 538 g/mol. The second-order valence-corrected chi connectivity index (χ2v) is 10.9. The minimum Gasteiger partial charge on any atom is -0.484 e. The molecule has 1 aliphatic rings. The first-order chi connectivity index (χ1) is 18.8. The van der Waals surface area contributed by atoms with Gasteiger partial charge in [-0.25, -0.2) is 4.39 Å². The molecule has 0 heterocycles. The van der Waals surface area contributed by atoms with Crippen LogP contribution in [-0.2, 0) is 6.42 Å². The van der Waals surface area contributed by atoms with Crippen LogP contribution in [0.4, 0.5) is 17.6 Å². The van der Waals surface area contributed by atoms with Crippen molar-refractivity contribution >= 4 is 10.8 Å². The molecule has 1 aliphatic carbocycles. The Balaban J connectivity index is 1.30. The lowest BCUT2D eigenvalue weighted by molar-refractivity contribution is -0.153. The van der Waals surface area contributed by atoms with Crippen LogP contribution in [0.1, 0.15) is 87.8 Å². The Bertz CT molecular complexity index is 1260. The van der Waals surface area contributed by atoms with E-state index < -0.39 is 12.8 Å². The highest BCUT2D eigenvalue weighted by Crippen LogP contribution is 2.34. The number of hydrogen-bond acceptors (Lipinski definition) is 1. The average molecular weight is 539 g/mol. The molecule has 1 nitrogen and oxygen atoms in total. The molecule has 3 aromatic rings. The minimum atomic E-state index is -4.39. The predicted octanol–water partition coefficient (Wildman–Crippen LogP) is 10.0. The maximum Gasteiger partial charge on any atom is 0.422 e. The zero-order valence-corrected chi connectivity index (χ0v) is 22.8. The molecule has 0 atom stereocenters. The third-order valence-electron chi connectivity index (χ3n) is 7.89. The molecule has 0 spiro atoms. The van der Waals surface area contributed by atoms with Gasteiger partial charge in [0.2, 0.25) is 0 Å². The number of alkyl halides is 3.